The lowest BCUT2D eigenvalue weighted by Gasteiger charge is -2.21. The van der Waals surface area contributed by atoms with Crippen LogP contribution in [0.1, 0.15) is 42.6 Å². The summed E-state index contributed by atoms with van der Waals surface area (Å²) < 4.78 is 1.50. The van der Waals surface area contributed by atoms with Crippen molar-refractivity contribution >= 4 is 22.2 Å². The molecule has 0 bridgehead atoms. The van der Waals surface area contributed by atoms with E-state index in [0.29, 0.717) is 23.7 Å². The minimum absolute atomic E-state index is 0.226. The summed E-state index contributed by atoms with van der Waals surface area (Å²) in [5.41, 5.74) is 1.93. The summed E-state index contributed by atoms with van der Waals surface area (Å²) in [7, 11) is 0. The van der Waals surface area contributed by atoms with Crippen molar-refractivity contribution in [2.75, 3.05) is 6.54 Å². The molecule has 0 aliphatic heterocycles. The molecule has 1 saturated carbocycles. The Bertz CT molecular complexity index is 1280. The van der Waals surface area contributed by atoms with Crippen molar-refractivity contribution in [3.63, 3.8) is 0 Å². The molecule has 152 valence electrons. The van der Waals surface area contributed by atoms with Gasteiger partial charge in [0.05, 0.1) is 11.9 Å². The second-order valence-electron chi connectivity index (χ2n) is 8.13. The average molecular weight is 400 g/mol. The Kier molecular flexibility index (Phi) is 4.83. The van der Waals surface area contributed by atoms with Gasteiger partial charge in [-0.15, -0.1) is 0 Å². The number of aromatic nitrogens is 3. The van der Waals surface area contributed by atoms with Crippen LogP contribution in [0.25, 0.3) is 27.5 Å². The molecule has 5 rings (SSSR count). The highest BCUT2D eigenvalue weighted by molar-refractivity contribution is 5.93. The van der Waals surface area contributed by atoms with Crippen LogP contribution in [0.5, 0.6) is 0 Å². The molecule has 1 aliphatic carbocycles. The van der Waals surface area contributed by atoms with Crippen LogP contribution in [-0.4, -0.2) is 27.0 Å². The fourth-order valence-electron chi connectivity index (χ4n) is 4.34. The minimum Gasteiger partial charge on any atom is -0.350 e. The predicted molar refractivity (Wildman–Crippen MR) is 118 cm³/mol. The van der Waals surface area contributed by atoms with Gasteiger partial charge < -0.3 is 10.3 Å². The van der Waals surface area contributed by atoms with Gasteiger partial charge in [-0.3, -0.25) is 9.59 Å². The van der Waals surface area contributed by atoms with Gasteiger partial charge in [-0.2, -0.15) is 5.10 Å². The lowest BCUT2D eigenvalue weighted by Crippen LogP contribution is -2.30. The number of carbonyl (C=O) groups is 1. The first-order valence-corrected chi connectivity index (χ1v) is 10.6. The molecule has 1 aliphatic rings. The van der Waals surface area contributed by atoms with Gasteiger partial charge in [0, 0.05) is 18.2 Å². The van der Waals surface area contributed by atoms with Crippen LogP contribution in [0.3, 0.4) is 0 Å². The van der Waals surface area contributed by atoms with E-state index in [4.69, 9.17) is 0 Å². The van der Waals surface area contributed by atoms with E-state index in [1.165, 1.54) is 36.6 Å². The highest BCUT2D eigenvalue weighted by Gasteiger charge is 2.17. The number of fused-ring (bicyclic) bond motifs is 2. The maximum Gasteiger partial charge on any atom is 0.274 e. The molecule has 0 unspecified atom stereocenters. The Morgan fingerprint density at radius 3 is 2.70 bits per heavy atom. The minimum atomic E-state index is -0.264. The molecule has 2 aromatic heterocycles. The number of rotatable bonds is 4. The van der Waals surface area contributed by atoms with E-state index in [1.54, 1.807) is 12.3 Å². The zero-order valence-electron chi connectivity index (χ0n) is 16.7. The first-order chi connectivity index (χ1) is 14.7. The number of carbonyl (C=O) groups excluding carboxylic acids is 1. The standard InChI is InChI=1S/C24H24N4O2/c29-23(25-14-16-6-2-1-3-7-16)20-13-22-24(30)26-21(15-28(22)27-20)19-11-10-17-8-4-5-9-18(17)12-19/h4-5,8-13,15-16H,1-3,6-7,14H2,(H,25,29)(H,26,30). The second kappa shape index (κ2) is 7.78. The fraction of sp³-hybridized carbons (Fsp3) is 0.292. The van der Waals surface area contributed by atoms with Gasteiger partial charge in [0.2, 0.25) is 0 Å². The number of amides is 1. The van der Waals surface area contributed by atoms with Crippen molar-refractivity contribution < 1.29 is 4.79 Å². The average Bonchev–Trinajstić information content (AvgIpc) is 3.23. The second-order valence-corrected chi connectivity index (χ2v) is 8.13. The molecular formula is C24H24N4O2. The molecule has 30 heavy (non-hydrogen) atoms. The van der Waals surface area contributed by atoms with Crippen LogP contribution in [0, 0.1) is 5.92 Å². The van der Waals surface area contributed by atoms with Crippen LogP contribution in [-0.2, 0) is 0 Å². The molecular weight excluding hydrogens is 376 g/mol. The molecule has 4 aromatic rings. The number of nitrogens with one attached hydrogen (secondary N) is 2. The van der Waals surface area contributed by atoms with Gasteiger partial charge in [-0.25, -0.2) is 4.52 Å². The van der Waals surface area contributed by atoms with Gasteiger partial charge in [0.15, 0.2) is 5.69 Å². The van der Waals surface area contributed by atoms with E-state index in [1.807, 2.05) is 36.4 Å². The van der Waals surface area contributed by atoms with Crippen molar-refractivity contribution in [3.8, 4) is 11.3 Å². The zero-order valence-corrected chi connectivity index (χ0v) is 16.7. The quantitative estimate of drug-likeness (QED) is 0.540. The Labute approximate surface area is 173 Å². The topological polar surface area (TPSA) is 79.3 Å². The Balaban J connectivity index is 1.42. The molecule has 0 atom stereocenters. The van der Waals surface area contributed by atoms with Crippen LogP contribution in [0.4, 0.5) is 0 Å². The highest BCUT2D eigenvalue weighted by Crippen LogP contribution is 2.24. The van der Waals surface area contributed by atoms with Crippen molar-refractivity contribution in [1.29, 1.82) is 0 Å². The molecule has 2 aromatic carbocycles. The lowest BCUT2D eigenvalue weighted by molar-refractivity contribution is 0.0938. The van der Waals surface area contributed by atoms with Crippen LogP contribution in [0.15, 0.2) is 59.5 Å². The first kappa shape index (κ1) is 18.6. The molecule has 2 heterocycles. The summed E-state index contributed by atoms with van der Waals surface area (Å²) in [6.45, 7) is 0.672. The molecule has 6 nitrogen and oxygen atoms in total. The predicted octanol–water partition coefficient (Wildman–Crippen LogP) is 4.15. The summed E-state index contributed by atoms with van der Waals surface area (Å²) in [6, 6.07) is 15.7. The molecule has 0 radical (unpaired) electrons. The molecule has 0 saturated heterocycles. The van der Waals surface area contributed by atoms with E-state index in [-0.39, 0.29) is 17.2 Å². The van der Waals surface area contributed by atoms with E-state index < -0.39 is 0 Å². The summed E-state index contributed by atoms with van der Waals surface area (Å²) >= 11 is 0. The Morgan fingerprint density at radius 2 is 1.87 bits per heavy atom. The van der Waals surface area contributed by atoms with Crippen LogP contribution >= 0.6 is 0 Å². The third kappa shape index (κ3) is 3.61. The summed E-state index contributed by atoms with van der Waals surface area (Å²) in [5.74, 6) is 0.318. The fourth-order valence-corrected chi connectivity index (χ4v) is 4.34. The molecule has 2 N–H and O–H groups in total. The van der Waals surface area contributed by atoms with E-state index in [2.05, 4.69) is 21.5 Å². The normalized spacial score (nSPS) is 14.9. The first-order valence-electron chi connectivity index (χ1n) is 10.6. The van der Waals surface area contributed by atoms with E-state index in [0.717, 1.165) is 16.3 Å². The van der Waals surface area contributed by atoms with Gasteiger partial charge in [-0.05, 0) is 35.6 Å². The van der Waals surface area contributed by atoms with E-state index >= 15 is 0 Å². The molecule has 6 heteroatoms. The summed E-state index contributed by atoms with van der Waals surface area (Å²) in [4.78, 5) is 28.1. The number of hydrogen-bond acceptors (Lipinski definition) is 3. The van der Waals surface area contributed by atoms with Crippen molar-refractivity contribution in [2.24, 2.45) is 5.92 Å². The molecule has 1 amide bonds. The monoisotopic (exact) mass is 400 g/mol. The Hall–Kier alpha value is -3.41. The van der Waals surface area contributed by atoms with E-state index in [9.17, 15) is 9.59 Å². The SMILES string of the molecule is O=C(NCC1CCCCC1)c1cc2c(=O)[nH]c(-c3ccc4ccccc4c3)cn2n1. The number of nitrogens with zero attached hydrogens (tertiary/aromatic N) is 2. The summed E-state index contributed by atoms with van der Waals surface area (Å²) in [5, 5.41) is 9.59. The number of benzene rings is 2. The van der Waals surface area contributed by atoms with Crippen molar-refractivity contribution in [2.45, 2.75) is 32.1 Å². The van der Waals surface area contributed by atoms with Crippen molar-refractivity contribution in [1.82, 2.24) is 19.9 Å². The lowest BCUT2D eigenvalue weighted by atomic mass is 9.89. The summed E-state index contributed by atoms with van der Waals surface area (Å²) in [6.07, 6.45) is 7.86. The van der Waals surface area contributed by atoms with Gasteiger partial charge >= 0.3 is 0 Å². The van der Waals surface area contributed by atoms with Gasteiger partial charge in [0.1, 0.15) is 5.52 Å². The third-order valence-electron chi connectivity index (χ3n) is 6.04. The number of hydrogen-bond donors (Lipinski definition) is 2. The molecule has 1 fully saturated rings. The maximum atomic E-state index is 12.6. The Morgan fingerprint density at radius 1 is 1.07 bits per heavy atom. The smallest absolute Gasteiger partial charge is 0.274 e. The van der Waals surface area contributed by atoms with Gasteiger partial charge in [0.25, 0.3) is 11.5 Å². The zero-order chi connectivity index (χ0) is 20.5. The largest absolute Gasteiger partial charge is 0.350 e. The number of aromatic amines is 1. The number of H-pyrrole nitrogens is 1. The van der Waals surface area contributed by atoms with Crippen molar-refractivity contribution in [3.05, 3.63) is 70.8 Å². The van der Waals surface area contributed by atoms with Crippen LogP contribution in [0.2, 0.25) is 0 Å². The highest BCUT2D eigenvalue weighted by atomic mass is 16.2. The molecule has 0 spiro atoms. The van der Waals surface area contributed by atoms with Gasteiger partial charge in [-0.1, -0.05) is 55.7 Å². The third-order valence-corrected chi connectivity index (χ3v) is 6.04. The van der Waals surface area contributed by atoms with Crippen LogP contribution < -0.4 is 10.9 Å². The maximum absolute atomic E-state index is 12.6.